The van der Waals surface area contributed by atoms with E-state index in [1.807, 2.05) is 0 Å². The third-order valence-corrected chi connectivity index (χ3v) is 19.7. The van der Waals surface area contributed by atoms with Crippen LogP contribution < -0.4 is 0 Å². The SMILES string of the molecule is CCCCCCCCCCCCCCCCCCCCCCC(=O)O[C@H](COC(=O)CCCCCCCCCCCCCCCCCCC(C)C)COP(=O)(O)OC[C@@H](O)COP(=O)(O)OC[C@@H](COC(=O)CCCCCCCCC)OC(=O)CCCCCCCCCCC. The van der Waals surface area contributed by atoms with Crippen LogP contribution in [0.15, 0.2) is 0 Å². The first-order chi connectivity index (χ1) is 46.0. The Morgan fingerprint density at radius 3 is 0.716 bits per heavy atom. The lowest BCUT2D eigenvalue weighted by molar-refractivity contribution is -0.161. The van der Waals surface area contributed by atoms with Crippen LogP contribution in [0, 0.1) is 5.92 Å². The quantitative estimate of drug-likeness (QED) is 0.0222. The number of aliphatic hydroxyl groups is 1. The Bertz CT molecular complexity index is 1820. The molecule has 3 N–H and O–H groups in total. The van der Waals surface area contributed by atoms with Crippen LogP contribution in [-0.4, -0.2) is 96.7 Å². The normalized spacial score (nSPS) is 13.9. The minimum absolute atomic E-state index is 0.106. The molecule has 2 unspecified atom stereocenters. The predicted molar refractivity (Wildman–Crippen MR) is 386 cm³/mol. The zero-order valence-electron chi connectivity index (χ0n) is 61.8. The summed E-state index contributed by atoms with van der Waals surface area (Å²) in [7, 11) is -9.90. The average molecular weight is 1400 g/mol. The molecule has 0 aliphatic heterocycles. The molecule has 0 spiro atoms. The lowest BCUT2D eigenvalue weighted by Gasteiger charge is -2.21. The van der Waals surface area contributed by atoms with Gasteiger partial charge in [-0.25, -0.2) is 9.13 Å². The highest BCUT2D eigenvalue weighted by Gasteiger charge is 2.30. The van der Waals surface area contributed by atoms with Crippen molar-refractivity contribution in [3.8, 4) is 0 Å². The van der Waals surface area contributed by atoms with Crippen LogP contribution in [0.1, 0.15) is 401 Å². The van der Waals surface area contributed by atoms with E-state index in [2.05, 4.69) is 34.6 Å². The topological polar surface area (TPSA) is 237 Å². The van der Waals surface area contributed by atoms with Gasteiger partial charge >= 0.3 is 39.5 Å². The van der Waals surface area contributed by atoms with Crippen molar-refractivity contribution in [2.75, 3.05) is 39.6 Å². The maximum atomic E-state index is 13.1. The van der Waals surface area contributed by atoms with E-state index in [0.29, 0.717) is 25.7 Å². The van der Waals surface area contributed by atoms with Gasteiger partial charge in [0.05, 0.1) is 26.4 Å². The molecule has 19 heteroatoms. The molecule has 17 nitrogen and oxygen atoms in total. The van der Waals surface area contributed by atoms with Crippen molar-refractivity contribution in [3.63, 3.8) is 0 Å². The summed E-state index contributed by atoms with van der Waals surface area (Å²) >= 11 is 0. The Balaban J connectivity index is 5.14. The third kappa shape index (κ3) is 70.3. The Kier molecular flexibility index (Phi) is 67.7. The van der Waals surface area contributed by atoms with Gasteiger partial charge in [0.25, 0.3) is 0 Å². The standard InChI is InChI=1S/C76H148O17P2/c1-6-9-12-15-18-20-21-22-23-24-25-26-27-32-35-38-42-47-52-57-62-76(81)93-72(66-87-74(79)60-55-50-45-41-37-34-31-29-28-30-33-36-40-44-48-53-58-69(4)5)68-91-95(84,85)89-64-70(77)63-88-94(82,83)90-67-71(65-86-73(78)59-54-49-43-17-14-11-8-3)92-75(80)61-56-51-46-39-19-16-13-10-7-2/h69-72,77H,6-68H2,1-5H3,(H,82,83)(H,84,85)/t70-,71+,72+/m0/s1. The number of aliphatic hydroxyl groups excluding tert-OH is 1. The highest BCUT2D eigenvalue weighted by Crippen LogP contribution is 2.45. The second-order valence-corrected chi connectivity index (χ2v) is 30.8. The summed E-state index contributed by atoms with van der Waals surface area (Å²) in [5, 5.41) is 10.6. The summed E-state index contributed by atoms with van der Waals surface area (Å²) in [6.07, 6.45) is 58.6. The van der Waals surface area contributed by atoms with Crippen LogP contribution in [0.2, 0.25) is 0 Å². The van der Waals surface area contributed by atoms with E-state index in [0.717, 1.165) is 109 Å². The molecule has 0 aromatic carbocycles. The van der Waals surface area contributed by atoms with Gasteiger partial charge in [-0.3, -0.25) is 37.3 Å². The van der Waals surface area contributed by atoms with Crippen LogP contribution in [0.3, 0.4) is 0 Å². The second kappa shape index (κ2) is 69.2. The summed E-state index contributed by atoms with van der Waals surface area (Å²) < 4.78 is 68.3. The van der Waals surface area contributed by atoms with E-state index in [1.165, 1.54) is 212 Å². The third-order valence-electron chi connectivity index (χ3n) is 17.8. The molecule has 0 aromatic rings. The zero-order chi connectivity index (χ0) is 69.8. The maximum absolute atomic E-state index is 13.1. The average Bonchev–Trinajstić information content (AvgIpc) is 2.11. The molecule has 5 atom stereocenters. The van der Waals surface area contributed by atoms with Gasteiger partial charge in [0.2, 0.25) is 0 Å². The van der Waals surface area contributed by atoms with E-state index in [-0.39, 0.29) is 25.7 Å². The zero-order valence-corrected chi connectivity index (χ0v) is 63.6. The van der Waals surface area contributed by atoms with E-state index in [9.17, 15) is 43.2 Å². The maximum Gasteiger partial charge on any atom is 0.472 e. The smallest absolute Gasteiger partial charge is 0.462 e. The molecule has 0 saturated heterocycles. The molecule has 0 heterocycles. The Morgan fingerprint density at radius 2 is 0.484 bits per heavy atom. The Labute approximate surface area is 581 Å². The Hall–Kier alpha value is -1.94. The van der Waals surface area contributed by atoms with Crippen LogP contribution in [-0.2, 0) is 65.4 Å². The van der Waals surface area contributed by atoms with Crippen molar-refractivity contribution in [2.45, 2.75) is 419 Å². The first-order valence-electron chi connectivity index (χ1n) is 39.6. The summed E-state index contributed by atoms with van der Waals surface area (Å²) in [6, 6.07) is 0. The van der Waals surface area contributed by atoms with Gasteiger partial charge in [0, 0.05) is 25.7 Å². The van der Waals surface area contributed by atoms with Gasteiger partial charge in [-0.1, -0.05) is 349 Å². The summed E-state index contributed by atoms with van der Waals surface area (Å²) in [5.41, 5.74) is 0. The second-order valence-electron chi connectivity index (χ2n) is 27.9. The largest absolute Gasteiger partial charge is 0.472 e. The number of unbranched alkanes of at least 4 members (excludes halogenated alkanes) is 48. The number of hydrogen-bond acceptors (Lipinski definition) is 15. The predicted octanol–water partition coefficient (Wildman–Crippen LogP) is 22.5. The number of rotatable bonds is 76. The molecule has 0 fully saturated rings. The fraction of sp³-hybridized carbons (Fsp3) is 0.947. The fourth-order valence-electron chi connectivity index (χ4n) is 11.7. The van der Waals surface area contributed by atoms with Crippen molar-refractivity contribution >= 4 is 39.5 Å². The number of ether oxygens (including phenoxy) is 4. The molecule has 0 radical (unpaired) electrons. The van der Waals surface area contributed by atoms with Crippen molar-refractivity contribution < 1.29 is 80.2 Å². The fourth-order valence-corrected chi connectivity index (χ4v) is 13.3. The molecule has 0 rings (SSSR count). The highest BCUT2D eigenvalue weighted by atomic mass is 31.2. The summed E-state index contributed by atoms with van der Waals surface area (Å²) in [6.45, 7) is 7.26. The summed E-state index contributed by atoms with van der Waals surface area (Å²) in [4.78, 5) is 72.6. The number of carbonyl (C=O) groups is 4. The van der Waals surface area contributed by atoms with E-state index in [4.69, 9.17) is 37.0 Å². The highest BCUT2D eigenvalue weighted by molar-refractivity contribution is 7.47. The number of phosphoric acid groups is 2. The molecule has 0 amide bonds. The van der Waals surface area contributed by atoms with Crippen LogP contribution >= 0.6 is 15.6 Å². The number of hydrogen-bond donors (Lipinski definition) is 3. The molecule has 0 bridgehead atoms. The molecule has 0 aromatic heterocycles. The molecule has 564 valence electrons. The van der Waals surface area contributed by atoms with Crippen molar-refractivity contribution in [3.05, 3.63) is 0 Å². The van der Waals surface area contributed by atoms with Gasteiger partial charge in [-0.05, 0) is 31.6 Å². The monoisotopic (exact) mass is 1400 g/mol. The van der Waals surface area contributed by atoms with E-state index in [1.54, 1.807) is 0 Å². The minimum Gasteiger partial charge on any atom is -0.462 e. The van der Waals surface area contributed by atoms with Gasteiger partial charge in [-0.15, -0.1) is 0 Å². The van der Waals surface area contributed by atoms with Crippen molar-refractivity contribution in [1.29, 1.82) is 0 Å². The molecule has 0 aliphatic carbocycles. The van der Waals surface area contributed by atoms with Crippen LogP contribution in [0.5, 0.6) is 0 Å². The first kappa shape index (κ1) is 93.1. The molecular weight excluding hydrogens is 1250 g/mol. The molecular formula is C76H148O17P2. The molecule has 0 aliphatic rings. The van der Waals surface area contributed by atoms with Crippen molar-refractivity contribution in [2.24, 2.45) is 5.92 Å². The van der Waals surface area contributed by atoms with E-state index >= 15 is 0 Å². The number of esters is 4. The van der Waals surface area contributed by atoms with Gasteiger partial charge in [-0.2, -0.15) is 0 Å². The number of phosphoric ester groups is 2. The van der Waals surface area contributed by atoms with Gasteiger partial charge < -0.3 is 33.8 Å². The van der Waals surface area contributed by atoms with Crippen LogP contribution in [0.25, 0.3) is 0 Å². The lowest BCUT2D eigenvalue weighted by atomic mass is 10.0. The number of carbonyl (C=O) groups excluding carboxylic acids is 4. The Morgan fingerprint density at radius 1 is 0.284 bits per heavy atom. The molecule has 0 saturated carbocycles. The van der Waals surface area contributed by atoms with Gasteiger partial charge in [0.15, 0.2) is 12.2 Å². The van der Waals surface area contributed by atoms with Crippen LogP contribution in [0.4, 0.5) is 0 Å². The summed E-state index contributed by atoms with van der Waals surface area (Å²) in [5.74, 6) is -1.31. The minimum atomic E-state index is -4.96. The first-order valence-corrected chi connectivity index (χ1v) is 42.6. The van der Waals surface area contributed by atoms with Crippen molar-refractivity contribution in [1.82, 2.24) is 0 Å². The van der Waals surface area contributed by atoms with Gasteiger partial charge in [0.1, 0.15) is 19.3 Å². The van der Waals surface area contributed by atoms with E-state index < -0.39 is 97.5 Å². The lowest BCUT2D eigenvalue weighted by Crippen LogP contribution is -2.30. The molecule has 95 heavy (non-hydrogen) atoms.